The molecule has 0 aromatic heterocycles. The number of hydrogen-bond acceptors (Lipinski definition) is 0. The first kappa shape index (κ1) is 10.7. The Morgan fingerprint density at radius 2 is 2.00 bits per heavy atom. The number of hydrogen-bond donors (Lipinski definition) is 0. The van der Waals surface area contributed by atoms with Crippen LogP contribution < -0.4 is 5.30 Å². The van der Waals surface area contributed by atoms with Crippen molar-refractivity contribution in [2.24, 2.45) is 0 Å². The zero-order valence-electron chi connectivity index (χ0n) is 8.88. The van der Waals surface area contributed by atoms with Gasteiger partial charge in [-0.05, 0) is 37.0 Å². The van der Waals surface area contributed by atoms with Crippen LogP contribution in [0, 0.1) is 0 Å². The predicted octanol–water partition coefficient (Wildman–Crippen LogP) is 3.40. The lowest BCUT2D eigenvalue weighted by Crippen LogP contribution is -2.00. The molecular formula is C12H19P. The third-order valence-electron chi connectivity index (χ3n) is 2.25. The SMILES string of the molecule is CCCCc1cccc(P(C)C)c1. The van der Waals surface area contributed by atoms with Gasteiger partial charge in [-0.2, -0.15) is 0 Å². The van der Waals surface area contributed by atoms with Crippen LogP contribution in [0.3, 0.4) is 0 Å². The quantitative estimate of drug-likeness (QED) is 0.644. The van der Waals surface area contributed by atoms with Gasteiger partial charge in [0, 0.05) is 0 Å². The monoisotopic (exact) mass is 194 g/mol. The molecule has 1 heteroatoms. The number of benzene rings is 1. The Morgan fingerprint density at radius 1 is 1.23 bits per heavy atom. The van der Waals surface area contributed by atoms with Crippen LogP contribution >= 0.6 is 7.92 Å². The van der Waals surface area contributed by atoms with E-state index in [0.29, 0.717) is 0 Å². The molecule has 0 fully saturated rings. The number of rotatable bonds is 4. The minimum atomic E-state index is 0.0732. The molecule has 0 saturated heterocycles. The molecule has 0 atom stereocenters. The second-order valence-corrected chi connectivity index (χ2v) is 5.97. The number of aryl methyl sites for hydroxylation is 1. The normalized spacial score (nSPS) is 10.8. The fourth-order valence-electron chi connectivity index (χ4n) is 1.37. The maximum absolute atomic E-state index is 2.38. The molecule has 1 aromatic rings. The second-order valence-electron chi connectivity index (χ2n) is 3.67. The van der Waals surface area contributed by atoms with Crippen molar-refractivity contribution in [2.75, 3.05) is 13.3 Å². The zero-order valence-corrected chi connectivity index (χ0v) is 9.77. The lowest BCUT2D eigenvalue weighted by Gasteiger charge is -2.07. The van der Waals surface area contributed by atoms with Gasteiger partial charge in [-0.25, -0.2) is 0 Å². The van der Waals surface area contributed by atoms with Crippen molar-refractivity contribution in [3.8, 4) is 0 Å². The molecule has 72 valence electrons. The highest BCUT2D eigenvalue weighted by Gasteiger charge is 1.98. The van der Waals surface area contributed by atoms with Crippen molar-refractivity contribution in [1.29, 1.82) is 0 Å². The van der Waals surface area contributed by atoms with E-state index in [9.17, 15) is 0 Å². The van der Waals surface area contributed by atoms with E-state index in [2.05, 4.69) is 44.5 Å². The Balaban J connectivity index is 2.68. The average molecular weight is 194 g/mol. The molecule has 0 bridgehead atoms. The molecule has 0 saturated carbocycles. The van der Waals surface area contributed by atoms with Gasteiger partial charge >= 0.3 is 0 Å². The van der Waals surface area contributed by atoms with E-state index in [1.807, 2.05) is 0 Å². The summed E-state index contributed by atoms with van der Waals surface area (Å²) in [7, 11) is 0.0732. The maximum Gasteiger partial charge on any atom is -0.0243 e. The standard InChI is InChI=1S/C12H19P/c1-4-5-7-11-8-6-9-12(10-11)13(2)3/h6,8-10H,4-5,7H2,1-3H3. The molecule has 0 spiro atoms. The van der Waals surface area contributed by atoms with Gasteiger partial charge in [0.25, 0.3) is 0 Å². The molecule has 0 unspecified atom stereocenters. The highest BCUT2D eigenvalue weighted by molar-refractivity contribution is 7.64. The summed E-state index contributed by atoms with van der Waals surface area (Å²) in [5.41, 5.74) is 1.51. The minimum absolute atomic E-state index is 0.0732. The van der Waals surface area contributed by atoms with Crippen molar-refractivity contribution in [2.45, 2.75) is 26.2 Å². The van der Waals surface area contributed by atoms with Gasteiger partial charge in [-0.1, -0.05) is 45.5 Å². The molecule has 0 nitrogen and oxygen atoms in total. The van der Waals surface area contributed by atoms with E-state index in [-0.39, 0.29) is 7.92 Å². The summed E-state index contributed by atoms with van der Waals surface area (Å²) in [5, 5.41) is 1.53. The summed E-state index contributed by atoms with van der Waals surface area (Å²) in [4.78, 5) is 0. The summed E-state index contributed by atoms with van der Waals surface area (Å²) < 4.78 is 0. The molecule has 0 aliphatic heterocycles. The molecule has 0 aliphatic carbocycles. The van der Waals surface area contributed by atoms with Crippen molar-refractivity contribution >= 4 is 13.2 Å². The Hall–Kier alpha value is -0.350. The first-order valence-corrected chi connectivity index (χ1v) is 7.24. The molecule has 1 rings (SSSR count). The second kappa shape index (κ2) is 5.40. The summed E-state index contributed by atoms with van der Waals surface area (Å²) in [6.45, 7) is 6.87. The molecule has 0 amide bonds. The van der Waals surface area contributed by atoms with Gasteiger partial charge in [-0.3, -0.25) is 0 Å². The van der Waals surface area contributed by atoms with Gasteiger partial charge in [0.1, 0.15) is 0 Å². The number of unbranched alkanes of at least 4 members (excludes halogenated alkanes) is 1. The van der Waals surface area contributed by atoms with Gasteiger partial charge in [0.15, 0.2) is 0 Å². The van der Waals surface area contributed by atoms with E-state index in [4.69, 9.17) is 0 Å². The van der Waals surface area contributed by atoms with Crippen LogP contribution in [0.1, 0.15) is 25.3 Å². The smallest absolute Gasteiger partial charge is 0.0243 e. The van der Waals surface area contributed by atoms with Crippen molar-refractivity contribution in [1.82, 2.24) is 0 Å². The Bertz CT molecular complexity index is 253. The fraction of sp³-hybridized carbons (Fsp3) is 0.500. The van der Waals surface area contributed by atoms with E-state index in [0.717, 1.165) is 0 Å². The highest BCUT2D eigenvalue weighted by atomic mass is 31.1. The molecule has 0 aliphatic rings. The topological polar surface area (TPSA) is 0 Å². The molecule has 13 heavy (non-hydrogen) atoms. The first-order chi connectivity index (χ1) is 6.24. The van der Waals surface area contributed by atoms with Crippen LogP contribution in [0.4, 0.5) is 0 Å². The van der Waals surface area contributed by atoms with Crippen LogP contribution in [0.15, 0.2) is 24.3 Å². The van der Waals surface area contributed by atoms with Crippen molar-refractivity contribution < 1.29 is 0 Å². The van der Waals surface area contributed by atoms with Crippen LogP contribution in [-0.2, 0) is 6.42 Å². The zero-order chi connectivity index (χ0) is 9.68. The Kier molecular flexibility index (Phi) is 4.45. The molecular weight excluding hydrogens is 175 g/mol. The molecule has 0 heterocycles. The van der Waals surface area contributed by atoms with Crippen LogP contribution in [0.2, 0.25) is 0 Å². The van der Waals surface area contributed by atoms with Gasteiger partial charge < -0.3 is 0 Å². The first-order valence-electron chi connectivity index (χ1n) is 5.00. The maximum atomic E-state index is 2.38. The Labute approximate surface area is 83.1 Å². The lowest BCUT2D eigenvalue weighted by atomic mass is 10.1. The summed E-state index contributed by atoms with van der Waals surface area (Å²) in [6.07, 6.45) is 3.85. The van der Waals surface area contributed by atoms with Gasteiger partial charge in [0.2, 0.25) is 0 Å². The average Bonchev–Trinajstić information content (AvgIpc) is 2.15. The molecule has 0 N–H and O–H groups in total. The van der Waals surface area contributed by atoms with Crippen molar-refractivity contribution in [3.05, 3.63) is 29.8 Å². The third kappa shape index (κ3) is 3.48. The third-order valence-corrected chi connectivity index (χ3v) is 3.56. The highest BCUT2D eigenvalue weighted by Crippen LogP contribution is 2.23. The van der Waals surface area contributed by atoms with Crippen LogP contribution in [0.5, 0.6) is 0 Å². The van der Waals surface area contributed by atoms with E-state index in [1.54, 1.807) is 0 Å². The lowest BCUT2D eigenvalue weighted by molar-refractivity contribution is 0.795. The minimum Gasteiger partial charge on any atom is -0.0817 e. The van der Waals surface area contributed by atoms with Gasteiger partial charge in [0.05, 0.1) is 0 Å². The van der Waals surface area contributed by atoms with Crippen LogP contribution in [0.25, 0.3) is 0 Å². The predicted molar refractivity (Wildman–Crippen MR) is 63.5 cm³/mol. The van der Waals surface area contributed by atoms with Crippen molar-refractivity contribution in [3.63, 3.8) is 0 Å². The Morgan fingerprint density at radius 3 is 2.62 bits per heavy atom. The van der Waals surface area contributed by atoms with Crippen LogP contribution in [-0.4, -0.2) is 13.3 Å². The van der Waals surface area contributed by atoms with E-state index < -0.39 is 0 Å². The summed E-state index contributed by atoms with van der Waals surface area (Å²) >= 11 is 0. The molecule has 0 radical (unpaired) electrons. The largest absolute Gasteiger partial charge is 0.0817 e. The van der Waals surface area contributed by atoms with E-state index in [1.165, 1.54) is 30.1 Å². The molecule has 1 aromatic carbocycles. The summed E-state index contributed by atoms with van der Waals surface area (Å²) in [6, 6.07) is 9.07. The fourth-order valence-corrected chi connectivity index (χ4v) is 2.18. The van der Waals surface area contributed by atoms with E-state index >= 15 is 0 Å². The van der Waals surface area contributed by atoms with Gasteiger partial charge in [-0.15, -0.1) is 0 Å². The summed E-state index contributed by atoms with van der Waals surface area (Å²) in [5.74, 6) is 0.